The molecular formula is C6H9O3PSi. The van der Waals surface area contributed by atoms with Crippen LogP contribution in [0.1, 0.15) is 0 Å². The van der Waals surface area contributed by atoms with Gasteiger partial charge in [-0.1, -0.05) is 35.5 Å². The van der Waals surface area contributed by atoms with Crippen LogP contribution in [-0.4, -0.2) is 19.0 Å². The van der Waals surface area contributed by atoms with Gasteiger partial charge in [0.05, 0.1) is 0 Å². The molecule has 3 nitrogen and oxygen atoms in total. The Bertz CT molecular complexity index is 268. The van der Waals surface area contributed by atoms with Gasteiger partial charge in [0.2, 0.25) is 0 Å². The summed E-state index contributed by atoms with van der Waals surface area (Å²) in [4.78, 5) is 17.3. The van der Waals surface area contributed by atoms with Crippen LogP contribution in [0.3, 0.4) is 0 Å². The van der Waals surface area contributed by atoms with E-state index in [0.717, 1.165) is 5.19 Å². The zero-order valence-corrected chi connectivity index (χ0v) is 8.15. The molecular weight excluding hydrogens is 179 g/mol. The lowest BCUT2D eigenvalue weighted by Gasteiger charge is -2.01. The van der Waals surface area contributed by atoms with E-state index in [9.17, 15) is 4.57 Å². The van der Waals surface area contributed by atoms with E-state index in [1.54, 1.807) is 24.3 Å². The lowest BCUT2D eigenvalue weighted by molar-refractivity contribution is 0.394. The Balaban J connectivity index is 2.74. The fourth-order valence-electron chi connectivity index (χ4n) is 0.821. The van der Waals surface area contributed by atoms with Crippen molar-refractivity contribution in [1.29, 1.82) is 0 Å². The number of benzene rings is 1. The first-order chi connectivity index (χ1) is 5.08. The first kappa shape index (κ1) is 8.68. The second-order valence-corrected chi connectivity index (χ2v) is 8.19. The highest BCUT2D eigenvalue weighted by Gasteiger charge is 2.13. The molecule has 1 rings (SSSR count). The molecule has 0 amide bonds. The zero-order valence-electron chi connectivity index (χ0n) is 5.84. The Kier molecular flexibility index (Phi) is 2.62. The molecule has 0 spiro atoms. The van der Waals surface area contributed by atoms with E-state index in [2.05, 4.69) is 0 Å². The SMILES string of the molecule is O=P(O)(O)[SiH2]c1ccccc1. The highest BCUT2D eigenvalue weighted by Crippen LogP contribution is 2.30. The monoisotopic (exact) mass is 188 g/mol. The molecule has 5 heteroatoms. The predicted molar refractivity (Wildman–Crippen MR) is 46.7 cm³/mol. The van der Waals surface area contributed by atoms with Gasteiger partial charge in [-0.05, 0) is 0 Å². The Morgan fingerprint density at radius 2 is 1.73 bits per heavy atom. The summed E-state index contributed by atoms with van der Waals surface area (Å²) < 4.78 is 10.6. The van der Waals surface area contributed by atoms with Crippen molar-refractivity contribution in [2.45, 2.75) is 0 Å². The Hall–Kier alpha value is -0.413. The molecule has 2 N–H and O–H groups in total. The van der Waals surface area contributed by atoms with Gasteiger partial charge >= 0.3 is 0 Å². The van der Waals surface area contributed by atoms with Gasteiger partial charge in [-0.15, -0.1) is 0 Å². The molecule has 0 aliphatic heterocycles. The molecule has 11 heavy (non-hydrogen) atoms. The summed E-state index contributed by atoms with van der Waals surface area (Å²) in [5.74, 6) is 0. The van der Waals surface area contributed by atoms with Crippen molar-refractivity contribution in [2.75, 3.05) is 0 Å². The topological polar surface area (TPSA) is 57.5 Å². The van der Waals surface area contributed by atoms with Crippen LogP contribution >= 0.6 is 7.14 Å². The molecule has 0 aromatic heterocycles. The average Bonchev–Trinajstić information content (AvgIpc) is 1.85. The normalized spacial score (nSPS) is 12.5. The summed E-state index contributed by atoms with van der Waals surface area (Å²) in [6.07, 6.45) is 0. The van der Waals surface area contributed by atoms with Crippen LogP contribution in [-0.2, 0) is 4.57 Å². The summed E-state index contributed by atoms with van der Waals surface area (Å²) in [5.41, 5.74) is 0. The summed E-state index contributed by atoms with van der Waals surface area (Å²) in [6, 6.07) is 8.92. The van der Waals surface area contributed by atoms with Crippen LogP contribution in [0.15, 0.2) is 30.3 Å². The van der Waals surface area contributed by atoms with Crippen LogP contribution in [0, 0.1) is 0 Å². The smallest absolute Gasteiger partial charge is 0.290 e. The molecule has 0 unspecified atom stereocenters. The summed E-state index contributed by atoms with van der Waals surface area (Å²) in [7, 11) is -5.16. The van der Waals surface area contributed by atoms with Crippen molar-refractivity contribution >= 4 is 21.5 Å². The average molecular weight is 188 g/mol. The van der Waals surface area contributed by atoms with Gasteiger partial charge in [-0.2, -0.15) is 0 Å². The van der Waals surface area contributed by atoms with Gasteiger partial charge in [0.25, 0.3) is 7.14 Å². The molecule has 0 fully saturated rings. The quantitative estimate of drug-likeness (QED) is 0.489. The van der Waals surface area contributed by atoms with Gasteiger partial charge in [0, 0.05) is 0 Å². The van der Waals surface area contributed by atoms with Crippen LogP contribution in [0.25, 0.3) is 0 Å². The maximum absolute atomic E-state index is 10.6. The first-order valence-electron chi connectivity index (χ1n) is 3.16. The largest absolute Gasteiger partial charge is 0.329 e. The number of hydrogen-bond acceptors (Lipinski definition) is 1. The highest BCUT2D eigenvalue weighted by molar-refractivity contribution is 7.83. The van der Waals surface area contributed by atoms with E-state index < -0.39 is 16.3 Å². The standard InChI is InChI=1S/C6H9O3PSi/c7-10(8,9)11-6-4-2-1-3-5-6/h1-5H,11H2,(H2,7,8,9). The third kappa shape index (κ3) is 3.48. The minimum Gasteiger partial charge on any atom is -0.329 e. The lowest BCUT2D eigenvalue weighted by Crippen LogP contribution is -2.13. The maximum atomic E-state index is 10.6. The van der Waals surface area contributed by atoms with Gasteiger partial charge in [0.1, 0.15) is 0 Å². The molecule has 0 saturated heterocycles. The fraction of sp³-hybridized carbons (Fsp3) is 0. The second-order valence-electron chi connectivity index (χ2n) is 2.31. The Labute approximate surface area is 66.9 Å². The molecule has 0 saturated carbocycles. The van der Waals surface area contributed by atoms with E-state index in [-0.39, 0.29) is 0 Å². The molecule has 60 valence electrons. The Morgan fingerprint density at radius 3 is 2.18 bits per heavy atom. The molecule has 1 aromatic rings. The zero-order chi connectivity index (χ0) is 8.32. The lowest BCUT2D eigenvalue weighted by atomic mass is 10.4. The second kappa shape index (κ2) is 3.32. The van der Waals surface area contributed by atoms with Crippen molar-refractivity contribution in [3.05, 3.63) is 30.3 Å². The van der Waals surface area contributed by atoms with Gasteiger partial charge < -0.3 is 9.79 Å². The molecule has 0 heterocycles. The minimum atomic E-state index is -3.75. The van der Waals surface area contributed by atoms with Crippen LogP contribution in [0.4, 0.5) is 0 Å². The van der Waals surface area contributed by atoms with E-state index >= 15 is 0 Å². The third-order valence-corrected chi connectivity index (χ3v) is 4.81. The van der Waals surface area contributed by atoms with E-state index in [4.69, 9.17) is 9.79 Å². The highest BCUT2D eigenvalue weighted by atomic mass is 31.4. The van der Waals surface area contributed by atoms with Gasteiger partial charge in [-0.25, -0.2) is 0 Å². The van der Waals surface area contributed by atoms with Gasteiger partial charge in [-0.3, -0.25) is 4.57 Å². The predicted octanol–water partition coefficient (Wildman–Crippen LogP) is -0.427. The molecule has 0 bridgehead atoms. The van der Waals surface area contributed by atoms with Crippen molar-refractivity contribution in [3.63, 3.8) is 0 Å². The van der Waals surface area contributed by atoms with E-state index in [1.165, 1.54) is 0 Å². The van der Waals surface area contributed by atoms with Crippen LogP contribution in [0.5, 0.6) is 0 Å². The summed E-state index contributed by atoms with van der Waals surface area (Å²) in [6.45, 7) is 0. The third-order valence-electron chi connectivity index (χ3n) is 1.23. The molecule has 0 atom stereocenters. The van der Waals surface area contributed by atoms with Crippen molar-refractivity contribution in [2.24, 2.45) is 0 Å². The summed E-state index contributed by atoms with van der Waals surface area (Å²) in [5, 5.41) is 0.806. The molecule has 1 aromatic carbocycles. The van der Waals surface area contributed by atoms with Crippen molar-refractivity contribution in [1.82, 2.24) is 0 Å². The van der Waals surface area contributed by atoms with Crippen LogP contribution in [0.2, 0.25) is 0 Å². The fourth-order valence-corrected chi connectivity index (χ4v) is 3.84. The van der Waals surface area contributed by atoms with Crippen LogP contribution < -0.4 is 5.19 Å². The number of rotatable bonds is 2. The number of hydrogen-bond donors (Lipinski definition) is 2. The Morgan fingerprint density at radius 1 is 1.18 bits per heavy atom. The summed E-state index contributed by atoms with van der Waals surface area (Å²) >= 11 is 0. The van der Waals surface area contributed by atoms with E-state index in [0.29, 0.717) is 0 Å². The maximum Gasteiger partial charge on any atom is 0.290 e. The molecule has 0 aliphatic carbocycles. The van der Waals surface area contributed by atoms with E-state index in [1.807, 2.05) is 6.07 Å². The van der Waals surface area contributed by atoms with Crippen molar-refractivity contribution in [3.8, 4) is 0 Å². The molecule has 0 aliphatic rings. The molecule has 0 radical (unpaired) electrons. The van der Waals surface area contributed by atoms with Crippen molar-refractivity contribution < 1.29 is 14.4 Å². The minimum absolute atomic E-state index is 0.806. The van der Waals surface area contributed by atoms with Gasteiger partial charge in [0.15, 0.2) is 9.19 Å². The first-order valence-corrected chi connectivity index (χ1v) is 7.57.